The fourth-order valence-electron chi connectivity index (χ4n) is 5.80. The van der Waals surface area contributed by atoms with Crippen LogP contribution in [0.5, 0.6) is 0 Å². The molecule has 1 aromatic rings. The minimum Gasteiger partial charge on any atom is -0.468 e. The number of benzene rings is 1. The first-order valence-corrected chi connectivity index (χ1v) is 15.2. The zero-order chi connectivity index (χ0) is 29.2. The highest BCUT2D eigenvalue weighted by Crippen LogP contribution is 2.48. The monoisotopic (exact) mass is 555 g/mol. The van der Waals surface area contributed by atoms with Crippen molar-refractivity contribution in [1.82, 2.24) is 16.0 Å². The lowest BCUT2D eigenvalue weighted by Crippen LogP contribution is -2.52. The van der Waals surface area contributed by atoms with Gasteiger partial charge in [0, 0.05) is 17.5 Å². The maximum absolute atomic E-state index is 13.3. The second-order valence-electron chi connectivity index (χ2n) is 12.4. The topological polar surface area (TPSA) is 114 Å². The van der Waals surface area contributed by atoms with E-state index in [0.717, 1.165) is 56.9 Å². The largest absolute Gasteiger partial charge is 0.468 e. The molecule has 3 unspecified atom stereocenters. The number of esters is 1. The molecule has 3 rings (SSSR count). The SMILES string of the molecule is COC(=O)CNC(=O)C(NC(=O)C1CC1c1cccc(C(=O)N[C@H](CCCC(C)C)C(C)C)c1)C1CCCCC1. The van der Waals surface area contributed by atoms with Crippen molar-refractivity contribution < 1.29 is 23.9 Å². The Morgan fingerprint density at radius 2 is 1.70 bits per heavy atom. The van der Waals surface area contributed by atoms with Gasteiger partial charge in [-0.2, -0.15) is 0 Å². The van der Waals surface area contributed by atoms with E-state index in [4.69, 9.17) is 0 Å². The van der Waals surface area contributed by atoms with E-state index in [2.05, 4.69) is 48.4 Å². The summed E-state index contributed by atoms with van der Waals surface area (Å²) in [5, 5.41) is 8.87. The zero-order valence-corrected chi connectivity index (χ0v) is 25.0. The Morgan fingerprint density at radius 1 is 0.975 bits per heavy atom. The van der Waals surface area contributed by atoms with Gasteiger partial charge in [-0.15, -0.1) is 0 Å². The third-order valence-electron chi connectivity index (χ3n) is 8.46. The average molecular weight is 556 g/mol. The van der Waals surface area contributed by atoms with Crippen LogP contribution in [0.2, 0.25) is 0 Å². The summed E-state index contributed by atoms with van der Waals surface area (Å²) in [5.41, 5.74) is 1.58. The number of carbonyl (C=O) groups excluding carboxylic acids is 4. The van der Waals surface area contributed by atoms with Gasteiger partial charge in [-0.3, -0.25) is 19.2 Å². The molecule has 3 amide bonds. The Bertz CT molecular complexity index is 1020. The molecule has 0 saturated heterocycles. The Hall–Kier alpha value is -2.90. The number of carbonyl (C=O) groups is 4. The molecule has 2 fully saturated rings. The van der Waals surface area contributed by atoms with Gasteiger partial charge < -0.3 is 20.7 Å². The van der Waals surface area contributed by atoms with Gasteiger partial charge in [0.1, 0.15) is 12.6 Å². The average Bonchev–Trinajstić information content (AvgIpc) is 3.75. The van der Waals surface area contributed by atoms with Gasteiger partial charge in [0.15, 0.2) is 0 Å². The number of rotatable bonds is 14. The Labute approximate surface area is 239 Å². The van der Waals surface area contributed by atoms with Crippen molar-refractivity contribution >= 4 is 23.7 Å². The fourth-order valence-corrected chi connectivity index (χ4v) is 5.80. The summed E-state index contributed by atoms with van der Waals surface area (Å²) >= 11 is 0. The molecule has 4 atom stereocenters. The van der Waals surface area contributed by atoms with Crippen LogP contribution in [-0.4, -0.2) is 49.4 Å². The van der Waals surface area contributed by atoms with Crippen LogP contribution < -0.4 is 16.0 Å². The van der Waals surface area contributed by atoms with Crippen LogP contribution in [0.25, 0.3) is 0 Å². The van der Waals surface area contributed by atoms with Crippen molar-refractivity contribution in [2.45, 2.75) is 103 Å². The highest BCUT2D eigenvalue weighted by atomic mass is 16.5. The van der Waals surface area contributed by atoms with Gasteiger partial charge in [-0.1, -0.05) is 71.9 Å². The maximum Gasteiger partial charge on any atom is 0.325 e. The molecule has 2 aliphatic carbocycles. The number of amides is 3. The van der Waals surface area contributed by atoms with Crippen molar-refractivity contribution in [2.75, 3.05) is 13.7 Å². The molecule has 3 N–H and O–H groups in total. The zero-order valence-electron chi connectivity index (χ0n) is 25.0. The van der Waals surface area contributed by atoms with Crippen molar-refractivity contribution in [3.63, 3.8) is 0 Å². The lowest BCUT2D eigenvalue weighted by atomic mass is 9.83. The van der Waals surface area contributed by atoms with E-state index in [1.807, 2.05) is 24.3 Å². The molecule has 222 valence electrons. The summed E-state index contributed by atoms with van der Waals surface area (Å²) in [7, 11) is 1.28. The van der Waals surface area contributed by atoms with Gasteiger partial charge >= 0.3 is 5.97 Å². The first-order valence-electron chi connectivity index (χ1n) is 15.2. The van der Waals surface area contributed by atoms with Gasteiger partial charge in [0.2, 0.25) is 11.8 Å². The number of hydrogen-bond donors (Lipinski definition) is 3. The van der Waals surface area contributed by atoms with Crippen molar-refractivity contribution in [3.05, 3.63) is 35.4 Å². The molecule has 0 bridgehead atoms. The number of hydrogen-bond acceptors (Lipinski definition) is 5. The molecule has 0 spiro atoms. The highest BCUT2D eigenvalue weighted by molar-refractivity contribution is 5.95. The molecular formula is C32H49N3O5. The van der Waals surface area contributed by atoms with E-state index in [0.29, 0.717) is 23.8 Å². The Morgan fingerprint density at radius 3 is 2.35 bits per heavy atom. The third kappa shape index (κ3) is 9.34. The van der Waals surface area contributed by atoms with Crippen molar-refractivity contribution in [3.8, 4) is 0 Å². The first kappa shape index (κ1) is 31.6. The van der Waals surface area contributed by atoms with Crippen LogP contribution in [0.4, 0.5) is 0 Å². The van der Waals surface area contributed by atoms with E-state index in [1.54, 1.807) is 0 Å². The van der Waals surface area contributed by atoms with E-state index in [9.17, 15) is 19.2 Å². The molecule has 2 saturated carbocycles. The summed E-state index contributed by atoms with van der Waals surface area (Å²) in [6.45, 7) is 8.50. The molecule has 8 heteroatoms. The van der Waals surface area contributed by atoms with E-state index >= 15 is 0 Å². The normalized spacial score (nSPS) is 20.5. The second-order valence-corrected chi connectivity index (χ2v) is 12.4. The van der Waals surface area contributed by atoms with Crippen LogP contribution in [0, 0.1) is 23.7 Å². The van der Waals surface area contributed by atoms with Crippen LogP contribution in [0.1, 0.15) is 107 Å². The number of nitrogens with one attached hydrogen (secondary N) is 3. The lowest BCUT2D eigenvalue weighted by Gasteiger charge is -2.30. The Balaban J connectivity index is 1.61. The number of methoxy groups -OCH3 is 1. The molecule has 0 aliphatic heterocycles. The molecule has 40 heavy (non-hydrogen) atoms. The molecule has 1 aromatic carbocycles. The quantitative estimate of drug-likeness (QED) is 0.287. The molecule has 0 aromatic heterocycles. The van der Waals surface area contributed by atoms with Crippen molar-refractivity contribution in [2.24, 2.45) is 23.7 Å². The van der Waals surface area contributed by atoms with Crippen LogP contribution >= 0.6 is 0 Å². The summed E-state index contributed by atoms with van der Waals surface area (Å²) in [6, 6.07) is 7.04. The van der Waals surface area contributed by atoms with Crippen molar-refractivity contribution in [1.29, 1.82) is 0 Å². The lowest BCUT2D eigenvalue weighted by molar-refractivity contribution is -0.141. The van der Waals surface area contributed by atoms with Gasteiger partial charge in [-0.25, -0.2) is 0 Å². The van der Waals surface area contributed by atoms with Gasteiger partial charge in [0.25, 0.3) is 5.91 Å². The summed E-state index contributed by atoms with van der Waals surface area (Å²) in [5.74, 6) is -0.261. The number of ether oxygens (including phenoxy) is 1. The minimum atomic E-state index is -0.667. The van der Waals surface area contributed by atoms with E-state index in [1.165, 1.54) is 7.11 Å². The molecule has 0 heterocycles. The molecule has 0 radical (unpaired) electrons. The van der Waals surface area contributed by atoms with E-state index in [-0.39, 0.29) is 48.1 Å². The minimum absolute atomic E-state index is 0.0184. The highest BCUT2D eigenvalue weighted by Gasteiger charge is 2.45. The maximum atomic E-state index is 13.3. The molecule has 2 aliphatic rings. The predicted octanol–water partition coefficient (Wildman–Crippen LogP) is 4.73. The predicted molar refractivity (Wildman–Crippen MR) is 156 cm³/mol. The van der Waals surface area contributed by atoms with Gasteiger partial charge in [0.05, 0.1) is 7.11 Å². The van der Waals surface area contributed by atoms with Crippen LogP contribution in [0.3, 0.4) is 0 Å². The fraction of sp³-hybridized carbons (Fsp3) is 0.688. The molecular weight excluding hydrogens is 506 g/mol. The summed E-state index contributed by atoms with van der Waals surface area (Å²) < 4.78 is 4.63. The standard InChI is InChI=1S/C32H49N3O5/c1-20(2)11-9-16-27(21(3)4)34-30(37)24-15-10-14-23(17-24)25-18-26(25)31(38)35-29(22-12-7-6-8-13-22)32(39)33-19-28(36)40-5/h10,14-15,17,20-22,25-27,29H,6-9,11-13,16,18-19H2,1-5H3,(H,33,39)(H,34,37)(H,35,38)/t25?,26?,27-,29?/m1/s1. The smallest absolute Gasteiger partial charge is 0.325 e. The summed E-state index contributed by atoms with van der Waals surface area (Å²) in [6.07, 6.45) is 8.80. The van der Waals surface area contributed by atoms with E-state index < -0.39 is 12.0 Å². The Kier molecular flexibility index (Phi) is 12.0. The molecule has 8 nitrogen and oxygen atoms in total. The first-order chi connectivity index (χ1) is 19.1. The van der Waals surface area contributed by atoms with Gasteiger partial charge in [-0.05, 0) is 67.1 Å². The summed E-state index contributed by atoms with van der Waals surface area (Å²) in [4.78, 5) is 50.9. The third-order valence-corrected chi connectivity index (χ3v) is 8.46. The van der Waals surface area contributed by atoms with Crippen LogP contribution in [0.15, 0.2) is 24.3 Å². The second kappa shape index (κ2) is 15.2. The van der Waals surface area contributed by atoms with Crippen LogP contribution in [-0.2, 0) is 19.1 Å².